The molecular formula is C24H42N4O4. The molecule has 0 radical (unpaired) electrons. The highest BCUT2D eigenvalue weighted by Crippen LogP contribution is 2.44. The number of hydrogen-bond acceptors (Lipinski definition) is 4. The van der Waals surface area contributed by atoms with E-state index in [0.29, 0.717) is 37.0 Å². The Morgan fingerprint density at radius 2 is 1.69 bits per heavy atom. The highest BCUT2D eigenvalue weighted by Gasteiger charge is 2.56. The molecule has 0 bridgehead atoms. The van der Waals surface area contributed by atoms with E-state index in [1.165, 1.54) is 6.92 Å². The molecule has 8 nitrogen and oxygen atoms in total. The minimum absolute atomic E-state index is 0.0502. The zero-order chi connectivity index (χ0) is 24.6. The van der Waals surface area contributed by atoms with Gasteiger partial charge in [0.15, 0.2) is 0 Å². The van der Waals surface area contributed by atoms with Gasteiger partial charge in [0.05, 0.1) is 25.3 Å². The lowest BCUT2D eigenvalue weighted by atomic mass is 9.82. The van der Waals surface area contributed by atoms with E-state index >= 15 is 0 Å². The third-order valence-electron chi connectivity index (χ3n) is 6.93. The molecule has 3 rings (SSSR count). The van der Waals surface area contributed by atoms with Gasteiger partial charge < -0.3 is 19.9 Å². The molecule has 2 amide bonds. The highest BCUT2D eigenvalue weighted by atomic mass is 16.5. The van der Waals surface area contributed by atoms with E-state index in [1.54, 1.807) is 4.90 Å². The van der Waals surface area contributed by atoms with Gasteiger partial charge in [-0.3, -0.25) is 14.5 Å². The summed E-state index contributed by atoms with van der Waals surface area (Å²) in [5.41, 5.74) is 7.76. The standard InChI is InChI=1S/C12H21N3O2.C12H21NO2/c1-8(2)6-10-7-17-12(4,5)15(10)11(16)9(3)14-13;1-7(2)10-8(3)11(14)13-9(10)6-15-12(13,4)5/h8,10H,6-7H2,1-5H3;7-10H,6H2,1-5H3/t10-;8-,9+,10-/m00/s1. The highest BCUT2D eigenvalue weighted by molar-refractivity contribution is 6.35. The number of fused-ring (bicyclic) bond motifs is 1. The van der Waals surface area contributed by atoms with Crippen molar-refractivity contribution in [1.29, 1.82) is 0 Å². The van der Waals surface area contributed by atoms with Crippen molar-refractivity contribution in [2.75, 3.05) is 13.2 Å². The van der Waals surface area contributed by atoms with Gasteiger partial charge >= 0.3 is 11.6 Å². The molecule has 32 heavy (non-hydrogen) atoms. The fraction of sp³-hybridized carbons (Fsp3) is 0.875. The van der Waals surface area contributed by atoms with Gasteiger partial charge in [0.2, 0.25) is 5.91 Å². The lowest BCUT2D eigenvalue weighted by Gasteiger charge is -2.32. The fourth-order valence-electron chi connectivity index (χ4n) is 5.51. The van der Waals surface area contributed by atoms with Crippen molar-refractivity contribution in [3.63, 3.8) is 0 Å². The van der Waals surface area contributed by atoms with E-state index in [0.717, 1.165) is 6.42 Å². The predicted molar refractivity (Wildman–Crippen MR) is 123 cm³/mol. The van der Waals surface area contributed by atoms with E-state index in [9.17, 15) is 9.59 Å². The molecule has 4 atom stereocenters. The molecule has 3 heterocycles. The minimum Gasteiger partial charge on any atom is -0.361 e. The Labute approximate surface area is 193 Å². The summed E-state index contributed by atoms with van der Waals surface area (Å²) in [5.74, 6) is 1.62. The topological polar surface area (TPSA) is 95.5 Å². The van der Waals surface area contributed by atoms with E-state index < -0.39 is 11.4 Å². The number of ether oxygens (including phenoxy) is 2. The molecule has 0 aromatic carbocycles. The number of hydrogen-bond donors (Lipinski definition) is 0. The first-order chi connectivity index (χ1) is 14.7. The van der Waals surface area contributed by atoms with Crippen molar-refractivity contribution < 1.29 is 23.9 Å². The van der Waals surface area contributed by atoms with Crippen LogP contribution in [-0.2, 0) is 19.1 Å². The van der Waals surface area contributed by atoms with E-state index in [1.807, 2.05) is 32.6 Å². The molecule has 0 aliphatic carbocycles. The summed E-state index contributed by atoms with van der Waals surface area (Å²) in [6, 6.07) is 0.344. The minimum atomic E-state index is -0.636. The average molecular weight is 451 g/mol. The van der Waals surface area contributed by atoms with Crippen molar-refractivity contribution in [2.45, 2.75) is 99.2 Å². The Morgan fingerprint density at radius 1 is 1.12 bits per heavy atom. The van der Waals surface area contributed by atoms with Gasteiger partial charge in [-0.25, -0.2) is 0 Å². The fourth-order valence-corrected chi connectivity index (χ4v) is 5.51. The Morgan fingerprint density at radius 3 is 2.19 bits per heavy atom. The van der Waals surface area contributed by atoms with E-state index in [-0.39, 0.29) is 29.5 Å². The van der Waals surface area contributed by atoms with Crippen molar-refractivity contribution in [2.24, 2.45) is 23.7 Å². The number of carbonyl (C=O) groups excluding carboxylic acids is 2. The van der Waals surface area contributed by atoms with Crippen molar-refractivity contribution >= 4 is 17.5 Å². The largest absolute Gasteiger partial charge is 0.361 e. The number of carbonyl (C=O) groups is 2. The lowest BCUT2D eigenvalue weighted by molar-refractivity contribution is -0.145. The maximum atomic E-state index is 12.2. The van der Waals surface area contributed by atoms with E-state index in [4.69, 9.17) is 15.0 Å². The van der Waals surface area contributed by atoms with Gasteiger partial charge in [-0.15, -0.1) is 0 Å². The van der Waals surface area contributed by atoms with Crippen LogP contribution in [0.5, 0.6) is 0 Å². The summed E-state index contributed by atoms with van der Waals surface area (Å²) in [5, 5.41) is 0. The molecule has 3 fully saturated rings. The summed E-state index contributed by atoms with van der Waals surface area (Å²) in [4.78, 5) is 30.9. The molecule has 0 N–H and O–H groups in total. The molecule has 0 spiro atoms. The quantitative estimate of drug-likeness (QED) is 0.372. The zero-order valence-electron chi connectivity index (χ0n) is 21.5. The molecule has 0 aromatic rings. The normalized spacial score (nSPS) is 30.3. The Balaban J connectivity index is 0.000000228. The first kappa shape index (κ1) is 26.5. The molecule has 0 aromatic heterocycles. The maximum absolute atomic E-state index is 12.2. The average Bonchev–Trinajstić information content (AvgIpc) is 3.24. The van der Waals surface area contributed by atoms with Gasteiger partial charge in [-0.05, 0) is 51.9 Å². The van der Waals surface area contributed by atoms with Gasteiger partial charge in [0.1, 0.15) is 11.4 Å². The summed E-state index contributed by atoms with van der Waals surface area (Å²) in [6.45, 7) is 21.1. The zero-order valence-corrected chi connectivity index (χ0v) is 21.5. The SMILES string of the molecule is CC(=[N+]=[N-])C(=O)N1[C@@H](CC(C)C)COC1(C)C.CC(C)[C@H]1[C@H](C)C(=O)N2[C@@H]1COC2(C)C. The Kier molecular flexibility index (Phi) is 7.96. The van der Waals surface area contributed by atoms with Crippen LogP contribution >= 0.6 is 0 Å². The smallest absolute Gasteiger partial charge is 0.353 e. The van der Waals surface area contributed by atoms with Crippen LogP contribution in [0.2, 0.25) is 0 Å². The molecule has 182 valence electrons. The summed E-state index contributed by atoms with van der Waals surface area (Å²) < 4.78 is 11.4. The maximum Gasteiger partial charge on any atom is 0.353 e. The van der Waals surface area contributed by atoms with Gasteiger partial charge in [0, 0.05) is 12.8 Å². The molecule has 0 unspecified atom stereocenters. The summed E-state index contributed by atoms with van der Waals surface area (Å²) in [7, 11) is 0. The molecule has 0 saturated carbocycles. The lowest BCUT2D eigenvalue weighted by Crippen LogP contribution is -2.50. The van der Waals surface area contributed by atoms with Crippen LogP contribution in [0.4, 0.5) is 0 Å². The molecule has 8 heteroatoms. The molecule has 3 aliphatic rings. The summed E-state index contributed by atoms with van der Waals surface area (Å²) >= 11 is 0. The van der Waals surface area contributed by atoms with E-state index in [2.05, 4.69) is 39.4 Å². The molecule has 3 aliphatic heterocycles. The van der Waals surface area contributed by atoms with Gasteiger partial charge in [-0.2, -0.15) is 4.79 Å². The molecular weight excluding hydrogens is 408 g/mol. The third-order valence-corrected chi connectivity index (χ3v) is 6.93. The van der Waals surface area contributed by atoms with Crippen molar-refractivity contribution in [3.05, 3.63) is 5.53 Å². The van der Waals surface area contributed by atoms with Gasteiger partial charge in [0.25, 0.3) is 0 Å². The first-order valence-electron chi connectivity index (χ1n) is 11.8. The number of rotatable bonds is 4. The van der Waals surface area contributed by atoms with Crippen LogP contribution in [0.3, 0.4) is 0 Å². The Hall–Kier alpha value is -1.76. The second-order valence-electron chi connectivity index (χ2n) is 11.0. The summed E-state index contributed by atoms with van der Waals surface area (Å²) in [6.07, 6.45) is 0.883. The number of nitrogens with zero attached hydrogens (tertiary/aromatic N) is 4. The second-order valence-corrected chi connectivity index (χ2v) is 11.0. The third kappa shape index (κ3) is 5.08. The second kappa shape index (κ2) is 9.62. The van der Waals surface area contributed by atoms with Crippen LogP contribution in [-0.4, -0.2) is 68.9 Å². The van der Waals surface area contributed by atoms with Crippen LogP contribution in [0.15, 0.2) is 0 Å². The van der Waals surface area contributed by atoms with Crippen LogP contribution in [0.1, 0.15) is 75.7 Å². The van der Waals surface area contributed by atoms with Gasteiger partial charge in [-0.1, -0.05) is 34.6 Å². The molecule has 3 saturated heterocycles. The van der Waals surface area contributed by atoms with Crippen molar-refractivity contribution in [3.8, 4) is 0 Å². The van der Waals surface area contributed by atoms with Crippen LogP contribution in [0.25, 0.3) is 5.53 Å². The first-order valence-corrected chi connectivity index (χ1v) is 11.8. The monoisotopic (exact) mass is 450 g/mol. The van der Waals surface area contributed by atoms with Crippen LogP contribution < -0.4 is 0 Å². The Bertz CT molecular complexity index is 770. The predicted octanol–water partition coefficient (Wildman–Crippen LogP) is 3.56. The number of amides is 2. The van der Waals surface area contributed by atoms with Crippen molar-refractivity contribution in [1.82, 2.24) is 9.80 Å². The van der Waals surface area contributed by atoms with Crippen LogP contribution in [0, 0.1) is 23.7 Å².